The van der Waals surface area contributed by atoms with Gasteiger partial charge in [-0.1, -0.05) is 43.2 Å². The predicted molar refractivity (Wildman–Crippen MR) is 138 cm³/mol. The number of hydrogen-bond acceptors (Lipinski definition) is 4. The number of rotatable bonds is 5. The summed E-state index contributed by atoms with van der Waals surface area (Å²) in [6, 6.07) is 16.6. The zero-order valence-electron chi connectivity index (χ0n) is 19.4. The Morgan fingerprint density at radius 2 is 1.74 bits per heavy atom. The van der Waals surface area contributed by atoms with Crippen molar-refractivity contribution < 1.29 is 9.59 Å². The van der Waals surface area contributed by atoms with Crippen LogP contribution in [0.5, 0.6) is 0 Å². The van der Waals surface area contributed by atoms with Gasteiger partial charge in [0, 0.05) is 28.9 Å². The van der Waals surface area contributed by atoms with Gasteiger partial charge in [0.15, 0.2) is 0 Å². The second kappa shape index (κ2) is 9.16. The molecule has 5 nitrogen and oxygen atoms in total. The number of carbonyl (C=O) groups excluding carboxylic acids is 2. The lowest BCUT2D eigenvalue weighted by Crippen LogP contribution is -2.57. The number of amides is 2. The van der Waals surface area contributed by atoms with Crippen LogP contribution in [0, 0.1) is 11.8 Å². The number of carbonyl (C=O) groups is 2. The van der Waals surface area contributed by atoms with Crippen LogP contribution in [0.4, 0.5) is 5.69 Å². The van der Waals surface area contributed by atoms with E-state index in [0.717, 1.165) is 64.0 Å². The Hall–Kier alpha value is -2.70. The number of fused-ring (bicyclic) bond motifs is 4. The molecule has 4 heterocycles. The van der Waals surface area contributed by atoms with Gasteiger partial charge in [0.2, 0.25) is 5.91 Å². The molecule has 2 aromatic carbocycles. The van der Waals surface area contributed by atoms with Gasteiger partial charge in [0.1, 0.15) is 0 Å². The van der Waals surface area contributed by atoms with Gasteiger partial charge < -0.3 is 15.5 Å². The molecule has 3 saturated heterocycles. The van der Waals surface area contributed by atoms with Gasteiger partial charge in [0.25, 0.3) is 5.91 Å². The lowest BCUT2D eigenvalue weighted by molar-refractivity contribution is -0.119. The summed E-state index contributed by atoms with van der Waals surface area (Å²) in [6.07, 6.45) is 6.65. The maximum Gasteiger partial charge on any atom is 0.261 e. The van der Waals surface area contributed by atoms with Gasteiger partial charge in [0.05, 0.1) is 4.88 Å². The Kier molecular flexibility index (Phi) is 5.87. The molecule has 0 spiro atoms. The molecule has 176 valence electrons. The summed E-state index contributed by atoms with van der Waals surface area (Å²) in [5.74, 6) is 0.932. The van der Waals surface area contributed by atoms with Gasteiger partial charge in [-0.25, -0.2) is 0 Å². The number of nitrogens with one attached hydrogen (secondary N) is 2. The van der Waals surface area contributed by atoms with Crippen LogP contribution >= 0.6 is 11.3 Å². The fourth-order valence-electron chi connectivity index (χ4n) is 5.97. The summed E-state index contributed by atoms with van der Waals surface area (Å²) in [4.78, 5) is 29.0. The zero-order valence-corrected chi connectivity index (χ0v) is 20.2. The van der Waals surface area contributed by atoms with Crippen LogP contribution < -0.4 is 10.6 Å². The first-order valence-electron chi connectivity index (χ1n) is 12.6. The SMILES string of the molecule is O=C(N[C@H]1CN2CCC1CC2)c1cc2cccc(-c3cccc(NC(=O)C4CCCC4)c3)c2s1. The van der Waals surface area contributed by atoms with Crippen molar-refractivity contribution in [3.63, 3.8) is 0 Å². The molecular weight excluding hydrogens is 442 g/mol. The lowest BCUT2D eigenvalue weighted by Gasteiger charge is -2.44. The topological polar surface area (TPSA) is 61.4 Å². The molecule has 1 saturated carbocycles. The molecule has 6 heteroatoms. The smallest absolute Gasteiger partial charge is 0.261 e. The molecule has 0 radical (unpaired) electrons. The highest BCUT2D eigenvalue weighted by molar-refractivity contribution is 7.21. The van der Waals surface area contributed by atoms with E-state index in [4.69, 9.17) is 0 Å². The molecule has 1 aromatic heterocycles. The van der Waals surface area contributed by atoms with Crippen LogP contribution in [-0.4, -0.2) is 42.4 Å². The first kappa shape index (κ1) is 21.8. The highest BCUT2D eigenvalue weighted by Gasteiger charge is 2.35. The van der Waals surface area contributed by atoms with Gasteiger partial charge in [-0.15, -0.1) is 11.3 Å². The first-order valence-corrected chi connectivity index (χ1v) is 13.4. The third kappa shape index (κ3) is 4.25. The maximum atomic E-state index is 13.1. The molecule has 7 rings (SSSR count). The second-order valence-corrected chi connectivity index (χ2v) is 11.2. The molecule has 3 aromatic rings. The summed E-state index contributed by atoms with van der Waals surface area (Å²) in [7, 11) is 0. The van der Waals surface area contributed by atoms with Crippen molar-refractivity contribution in [1.82, 2.24) is 10.2 Å². The van der Waals surface area contributed by atoms with Crippen molar-refractivity contribution in [2.45, 2.75) is 44.6 Å². The van der Waals surface area contributed by atoms with Gasteiger partial charge in [-0.2, -0.15) is 0 Å². The van der Waals surface area contributed by atoms with Crippen molar-refractivity contribution in [2.24, 2.45) is 11.8 Å². The zero-order chi connectivity index (χ0) is 23.1. The monoisotopic (exact) mass is 473 g/mol. The average Bonchev–Trinajstić information content (AvgIpc) is 3.55. The van der Waals surface area contributed by atoms with E-state index < -0.39 is 0 Å². The minimum absolute atomic E-state index is 0.0449. The summed E-state index contributed by atoms with van der Waals surface area (Å²) in [5, 5.41) is 7.53. The molecular formula is C28H31N3O2S. The van der Waals surface area contributed by atoms with E-state index in [1.807, 2.05) is 30.3 Å². The second-order valence-electron chi connectivity index (χ2n) is 10.1. The Morgan fingerprint density at radius 1 is 0.941 bits per heavy atom. The van der Waals surface area contributed by atoms with Crippen molar-refractivity contribution >= 4 is 38.9 Å². The number of thiophene rings is 1. The third-order valence-corrected chi connectivity index (χ3v) is 9.09. The largest absolute Gasteiger partial charge is 0.347 e. The van der Waals surface area contributed by atoms with E-state index in [1.165, 1.54) is 25.9 Å². The molecule has 2 N–H and O–H groups in total. The molecule has 3 aliphatic heterocycles. The molecule has 2 amide bonds. The highest BCUT2D eigenvalue weighted by Crippen LogP contribution is 2.36. The lowest BCUT2D eigenvalue weighted by atomic mass is 9.84. The van der Waals surface area contributed by atoms with Crippen molar-refractivity contribution in [3.8, 4) is 11.1 Å². The van der Waals surface area contributed by atoms with E-state index in [2.05, 4.69) is 33.7 Å². The Labute approximate surface area is 204 Å². The Morgan fingerprint density at radius 3 is 2.50 bits per heavy atom. The van der Waals surface area contributed by atoms with Crippen molar-refractivity contribution in [2.75, 3.05) is 25.0 Å². The minimum Gasteiger partial charge on any atom is -0.347 e. The van der Waals surface area contributed by atoms with Crippen LogP contribution in [-0.2, 0) is 4.79 Å². The number of anilines is 1. The quantitative estimate of drug-likeness (QED) is 0.513. The van der Waals surface area contributed by atoms with E-state index in [-0.39, 0.29) is 23.8 Å². The molecule has 4 aliphatic rings. The Bertz CT molecular complexity index is 1220. The van der Waals surface area contributed by atoms with Crippen LogP contribution in [0.25, 0.3) is 21.2 Å². The fraction of sp³-hybridized carbons (Fsp3) is 0.429. The highest BCUT2D eigenvalue weighted by atomic mass is 32.1. The van der Waals surface area contributed by atoms with Crippen LogP contribution in [0.1, 0.15) is 48.2 Å². The van der Waals surface area contributed by atoms with Crippen molar-refractivity contribution in [3.05, 3.63) is 53.4 Å². The van der Waals surface area contributed by atoms with Gasteiger partial charge >= 0.3 is 0 Å². The average molecular weight is 474 g/mol. The maximum absolute atomic E-state index is 13.1. The fourth-order valence-corrected chi connectivity index (χ4v) is 7.07. The van der Waals surface area contributed by atoms with Crippen LogP contribution in [0.2, 0.25) is 0 Å². The number of nitrogens with zero attached hydrogens (tertiary/aromatic N) is 1. The normalized spacial score (nSPS) is 24.4. The van der Waals surface area contributed by atoms with Gasteiger partial charge in [-0.3, -0.25) is 9.59 Å². The van der Waals surface area contributed by atoms with E-state index in [0.29, 0.717) is 5.92 Å². The van der Waals surface area contributed by atoms with E-state index >= 15 is 0 Å². The number of hydrogen-bond donors (Lipinski definition) is 2. The molecule has 34 heavy (non-hydrogen) atoms. The molecule has 4 fully saturated rings. The summed E-state index contributed by atoms with van der Waals surface area (Å²) in [6.45, 7) is 3.32. The third-order valence-electron chi connectivity index (χ3n) is 7.91. The van der Waals surface area contributed by atoms with Crippen LogP contribution in [0.3, 0.4) is 0 Å². The molecule has 1 aliphatic carbocycles. The number of piperidine rings is 3. The summed E-state index contributed by atoms with van der Waals surface area (Å²) < 4.78 is 1.11. The van der Waals surface area contributed by atoms with Crippen LogP contribution in [0.15, 0.2) is 48.5 Å². The van der Waals surface area contributed by atoms with E-state index in [9.17, 15) is 9.59 Å². The first-order chi connectivity index (χ1) is 16.6. The summed E-state index contributed by atoms with van der Waals surface area (Å²) >= 11 is 1.56. The van der Waals surface area contributed by atoms with Gasteiger partial charge in [-0.05, 0) is 79.4 Å². The molecule has 1 atom stereocenters. The molecule has 2 bridgehead atoms. The minimum atomic E-state index is 0.0449. The van der Waals surface area contributed by atoms with Crippen molar-refractivity contribution in [1.29, 1.82) is 0 Å². The summed E-state index contributed by atoms with van der Waals surface area (Å²) in [5.41, 5.74) is 2.99. The molecule has 0 unspecified atom stereocenters. The predicted octanol–water partition coefficient (Wildman–Crippen LogP) is 5.52. The van der Waals surface area contributed by atoms with E-state index in [1.54, 1.807) is 11.3 Å². The Balaban J connectivity index is 1.23. The standard InChI is InChI=1S/C28H31N3O2S/c32-27(19-5-1-2-6-19)29-22-9-3-7-20(15-22)23-10-4-8-21-16-25(34-26(21)23)28(33)30-24-17-31-13-11-18(24)12-14-31/h3-4,7-10,15-16,18-19,24H,1-2,5-6,11-14,17H2,(H,29,32)(H,30,33)/t24-/m0/s1. The number of benzene rings is 2.